The van der Waals surface area contributed by atoms with E-state index in [0.717, 1.165) is 0 Å². The van der Waals surface area contributed by atoms with Crippen molar-refractivity contribution in [3.8, 4) is 0 Å². The summed E-state index contributed by atoms with van der Waals surface area (Å²) < 4.78 is 5.00. The first-order valence-electron chi connectivity index (χ1n) is 4.82. The third-order valence-electron chi connectivity index (χ3n) is 2.13. The van der Waals surface area contributed by atoms with Crippen LogP contribution in [-0.4, -0.2) is 34.5 Å². The predicted molar refractivity (Wildman–Crippen MR) is 50.6 cm³/mol. The Morgan fingerprint density at radius 2 is 1.93 bits per heavy atom. The molecule has 0 aromatic heterocycles. The third kappa shape index (κ3) is 3.89. The van der Waals surface area contributed by atoms with E-state index in [-0.39, 0.29) is 12.5 Å². The number of rotatable bonds is 0. The molecule has 4 heteroatoms. The van der Waals surface area contributed by atoms with Crippen LogP contribution in [0.25, 0.3) is 0 Å². The van der Waals surface area contributed by atoms with Crippen LogP contribution >= 0.6 is 0 Å². The maximum atomic E-state index is 11.1. The summed E-state index contributed by atoms with van der Waals surface area (Å²) in [6.07, 6.45) is 2.46. The summed E-state index contributed by atoms with van der Waals surface area (Å²) in [5.41, 5.74) is 0. The zero-order chi connectivity index (χ0) is 10.6. The van der Waals surface area contributed by atoms with Gasteiger partial charge in [-0.25, -0.2) is 0 Å². The highest BCUT2D eigenvalue weighted by Gasteiger charge is 2.16. The van der Waals surface area contributed by atoms with Gasteiger partial charge in [-0.2, -0.15) is 0 Å². The van der Waals surface area contributed by atoms with Crippen LogP contribution in [0.2, 0.25) is 0 Å². The SMILES string of the molecule is C[C@@H]1CC[C@@H](O)C=C[C@H](O)CC(=O)O1. The lowest BCUT2D eigenvalue weighted by molar-refractivity contribution is -0.150. The van der Waals surface area contributed by atoms with Gasteiger partial charge in [-0.1, -0.05) is 12.2 Å². The van der Waals surface area contributed by atoms with Crippen molar-refractivity contribution in [3.63, 3.8) is 0 Å². The summed E-state index contributed by atoms with van der Waals surface area (Å²) in [6.45, 7) is 1.78. The van der Waals surface area contributed by atoms with E-state index in [1.807, 2.05) is 0 Å². The van der Waals surface area contributed by atoms with Crippen molar-refractivity contribution in [3.05, 3.63) is 12.2 Å². The van der Waals surface area contributed by atoms with Gasteiger partial charge in [0, 0.05) is 0 Å². The molecule has 80 valence electrons. The smallest absolute Gasteiger partial charge is 0.309 e. The van der Waals surface area contributed by atoms with Crippen LogP contribution in [0.5, 0.6) is 0 Å². The van der Waals surface area contributed by atoms with Crippen molar-refractivity contribution in [1.82, 2.24) is 0 Å². The fourth-order valence-electron chi connectivity index (χ4n) is 1.33. The Hall–Kier alpha value is -0.870. The zero-order valence-electron chi connectivity index (χ0n) is 8.22. The molecule has 0 amide bonds. The van der Waals surface area contributed by atoms with E-state index in [0.29, 0.717) is 12.8 Å². The first kappa shape index (κ1) is 11.2. The third-order valence-corrected chi connectivity index (χ3v) is 2.13. The highest BCUT2D eigenvalue weighted by molar-refractivity contribution is 5.70. The summed E-state index contributed by atoms with van der Waals surface area (Å²) >= 11 is 0. The molecule has 0 unspecified atom stereocenters. The Morgan fingerprint density at radius 3 is 2.64 bits per heavy atom. The van der Waals surface area contributed by atoms with E-state index in [1.165, 1.54) is 12.2 Å². The van der Waals surface area contributed by atoms with Gasteiger partial charge in [-0.05, 0) is 19.8 Å². The highest BCUT2D eigenvalue weighted by Crippen LogP contribution is 2.10. The van der Waals surface area contributed by atoms with Crippen LogP contribution in [0.15, 0.2) is 12.2 Å². The largest absolute Gasteiger partial charge is 0.463 e. The predicted octanol–water partition coefficient (Wildman–Crippen LogP) is 0.380. The topological polar surface area (TPSA) is 66.8 Å². The molecule has 3 atom stereocenters. The van der Waals surface area contributed by atoms with Crippen LogP contribution in [0.4, 0.5) is 0 Å². The Labute approximate surface area is 83.2 Å². The van der Waals surface area contributed by atoms with E-state index < -0.39 is 18.2 Å². The molecule has 0 saturated carbocycles. The van der Waals surface area contributed by atoms with Crippen LogP contribution in [-0.2, 0) is 9.53 Å². The number of hydrogen-bond donors (Lipinski definition) is 2. The molecular weight excluding hydrogens is 184 g/mol. The van der Waals surface area contributed by atoms with Crippen LogP contribution in [0, 0.1) is 0 Å². The van der Waals surface area contributed by atoms with Gasteiger partial charge in [0.2, 0.25) is 0 Å². The molecule has 1 aliphatic rings. The quantitative estimate of drug-likeness (QED) is 0.438. The van der Waals surface area contributed by atoms with Crippen LogP contribution < -0.4 is 0 Å². The monoisotopic (exact) mass is 200 g/mol. The fraction of sp³-hybridized carbons (Fsp3) is 0.700. The van der Waals surface area contributed by atoms with Crippen LogP contribution in [0.1, 0.15) is 26.2 Å². The molecule has 14 heavy (non-hydrogen) atoms. The molecule has 1 heterocycles. The average Bonchev–Trinajstić information content (AvgIpc) is 2.10. The Bertz CT molecular complexity index is 224. The molecule has 0 fully saturated rings. The second kappa shape index (κ2) is 5.12. The lowest BCUT2D eigenvalue weighted by Gasteiger charge is -2.17. The van der Waals surface area contributed by atoms with Gasteiger partial charge in [0.15, 0.2) is 0 Å². The molecular formula is C10H16O4. The molecule has 0 aromatic rings. The lowest BCUT2D eigenvalue weighted by atomic mass is 10.1. The van der Waals surface area contributed by atoms with Gasteiger partial charge in [0.25, 0.3) is 0 Å². The van der Waals surface area contributed by atoms with E-state index >= 15 is 0 Å². The van der Waals surface area contributed by atoms with Crippen molar-refractivity contribution in [2.24, 2.45) is 0 Å². The summed E-state index contributed by atoms with van der Waals surface area (Å²) in [4.78, 5) is 11.1. The van der Waals surface area contributed by atoms with E-state index in [9.17, 15) is 15.0 Å². The Kier molecular flexibility index (Phi) is 4.10. The number of esters is 1. The maximum Gasteiger partial charge on any atom is 0.309 e. The number of aliphatic hydroxyl groups is 2. The molecule has 0 aromatic carbocycles. The average molecular weight is 200 g/mol. The Morgan fingerprint density at radius 1 is 1.29 bits per heavy atom. The fourth-order valence-corrected chi connectivity index (χ4v) is 1.33. The molecule has 4 nitrogen and oxygen atoms in total. The second-order valence-corrected chi connectivity index (χ2v) is 3.60. The summed E-state index contributed by atoms with van der Waals surface area (Å²) in [7, 11) is 0. The summed E-state index contributed by atoms with van der Waals surface area (Å²) in [5.74, 6) is -0.397. The van der Waals surface area contributed by atoms with Crippen LogP contribution in [0.3, 0.4) is 0 Å². The van der Waals surface area contributed by atoms with Gasteiger partial charge in [-0.15, -0.1) is 0 Å². The second-order valence-electron chi connectivity index (χ2n) is 3.60. The molecule has 0 bridgehead atoms. The van der Waals surface area contributed by atoms with E-state index in [2.05, 4.69) is 0 Å². The number of carbonyl (C=O) groups excluding carboxylic acids is 1. The first-order chi connectivity index (χ1) is 6.58. The Balaban J connectivity index is 2.60. The standard InChI is InChI=1S/C10H16O4/c1-7-2-3-8(11)4-5-9(12)6-10(13)14-7/h4-5,7-9,11-12H,2-3,6H2,1H3/t7-,8-,9+/m1/s1. The molecule has 0 spiro atoms. The van der Waals surface area contributed by atoms with Crippen molar-refractivity contribution >= 4 is 5.97 Å². The van der Waals surface area contributed by atoms with Crippen molar-refractivity contribution < 1.29 is 19.7 Å². The number of aliphatic hydroxyl groups excluding tert-OH is 2. The minimum atomic E-state index is -0.859. The minimum absolute atomic E-state index is 0.0481. The molecule has 0 aliphatic carbocycles. The van der Waals surface area contributed by atoms with Gasteiger partial charge < -0.3 is 14.9 Å². The minimum Gasteiger partial charge on any atom is -0.463 e. The number of hydrogen-bond acceptors (Lipinski definition) is 4. The lowest BCUT2D eigenvalue weighted by Crippen LogP contribution is -2.22. The summed E-state index contributed by atoms with van der Waals surface area (Å²) in [5, 5.41) is 18.7. The van der Waals surface area contributed by atoms with Gasteiger partial charge in [0.1, 0.15) is 0 Å². The zero-order valence-corrected chi connectivity index (χ0v) is 8.22. The van der Waals surface area contributed by atoms with Crippen molar-refractivity contribution in [1.29, 1.82) is 0 Å². The van der Waals surface area contributed by atoms with Crippen molar-refractivity contribution in [2.45, 2.75) is 44.5 Å². The number of carbonyl (C=O) groups is 1. The molecule has 1 aliphatic heterocycles. The number of cyclic esters (lactones) is 1. The molecule has 2 N–H and O–H groups in total. The highest BCUT2D eigenvalue weighted by atomic mass is 16.5. The number of ether oxygens (including phenoxy) is 1. The maximum absolute atomic E-state index is 11.1. The normalized spacial score (nSPS) is 35.1. The first-order valence-corrected chi connectivity index (χ1v) is 4.82. The van der Waals surface area contributed by atoms with Gasteiger partial charge in [-0.3, -0.25) is 4.79 Å². The molecule has 0 radical (unpaired) electrons. The van der Waals surface area contributed by atoms with E-state index in [4.69, 9.17) is 4.74 Å². The summed E-state index contributed by atoms with van der Waals surface area (Å²) in [6, 6.07) is 0. The van der Waals surface area contributed by atoms with E-state index in [1.54, 1.807) is 6.92 Å². The van der Waals surface area contributed by atoms with Gasteiger partial charge >= 0.3 is 5.97 Å². The molecule has 1 rings (SSSR count). The van der Waals surface area contributed by atoms with Gasteiger partial charge in [0.05, 0.1) is 24.7 Å². The molecule has 0 saturated heterocycles. The van der Waals surface area contributed by atoms with Crippen molar-refractivity contribution in [2.75, 3.05) is 0 Å².